The lowest BCUT2D eigenvalue weighted by Gasteiger charge is -2.16. The minimum atomic E-state index is -0.280. The first-order chi connectivity index (χ1) is 9.32. The predicted octanol–water partition coefficient (Wildman–Crippen LogP) is 2.12. The summed E-state index contributed by atoms with van der Waals surface area (Å²) < 4.78 is 0. The number of carbonyl (C=O) groups excluding carboxylic acids is 2. The van der Waals surface area contributed by atoms with Gasteiger partial charge in [0.25, 0.3) is 0 Å². The van der Waals surface area contributed by atoms with E-state index in [1.165, 1.54) is 4.90 Å². The summed E-state index contributed by atoms with van der Waals surface area (Å²) in [5.41, 5.74) is 6.90. The number of carbonyl (C=O) groups is 2. The fourth-order valence-corrected chi connectivity index (χ4v) is 2.55. The van der Waals surface area contributed by atoms with Gasteiger partial charge < -0.3 is 5.73 Å². The summed E-state index contributed by atoms with van der Waals surface area (Å²) in [5, 5.41) is 0.447. The first-order valence-corrected chi connectivity index (χ1v) is 7.05. The zero-order valence-electron chi connectivity index (χ0n) is 11.2. The number of amides is 2. The van der Waals surface area contributed by atoms with Crippen molar-refractivity contribution in [2.24, 2.45) is 17.6 Å². The molecular formula is C14H15ClN2O2S. The highest BCUT2D eigenvalue weighted by atomic mass is 35.5. The average Bonchev–Trinajstić information content (AvgIpc) is 2.58. The summed E-state index contributed by atoms with van der Waals surface area (Å²) in [6, 6.07) is 5.13. The van der Waals surface area contributed by atoms with Crippen LogP contribution in [0.15, 0.2) is 18.2 Å². The molecule has 106 valence electrons. The number of likely N-dealkylation sites (tertiary alicyclic amines) is 1. The van der Waals surface area contributed by atoms with Crippen LogP contribution < -0.4 is 5.73 Å². The maximum absolute atomic E-state index is 12.0. The minimum absolute atomic E-state index is 0.156. The smallest absolute Gasteiger partial charge is 0.233 e. The molecule has 2 amide bonds. The third-order valence-corrected chi connectivity index (χ3v) is 4.31. The van der Waals surface area contributed by atoms with Gasteiger partial charge in [-0.2, -0.15) is 0 Å². The third kappa shape index (κ3) is 2.55. The molecule has 0 spiro atoms. The quantitative estimate of drug-likeness (QED) is 0.686. The molecule has 1 heterocycles. The summed E-state index contributed by atoms with van der Waals surface area (Å²) in [5.74, 6) is -0.872. The average molecular weight is 311 g/mol. The Hall–Kier alpha value is -1.46. The van der Waals surface area contributed by atoms with Crippen molar-refractivity contribution in [3.8, 4) is 0 Å². The Labute approximate surface area is 127 Å². The van der Waals surface area contributed by atoms with Crippen LogP contribution in [0.5, 0.6) is 0 Å². The number of hydrogen-bond acceptors (Lipinski definition) is 3. The van der Waals surface area contributed by atoms with E-state index in [0.29, 0.717) is 16.1 Å². The second-order valence-corrected chi connectivity index (χ2v) is 5.86. The highest BCUT2D eigenvalue weighted by Gasteiger charge is 2.42. The van der Waals surface area contributed by atoms with Crippen LogP contribution in [-0.2, 0) is 16.1 Å². The number of nitrogens with two attached hydrogens (primary N) is 1. The molecule has 0 aromatic heterocycles. The molecule has 2 rings (SSSR count). The lowest BCUT2D eigenvalue weighted by molar-refractivity contribution is -0.140. The summed E-state index contributed by atoms with van der Waals surface area (Å²) in [6.07, 6.45) is 0. The van der Waals surface area contributed by atoms with Gasteiger partial charge in [0.05, 0.1) is 6.54 Å². The molecule has 4 nitrogen and oxygen atoms in total. The molecule has 0 saturated carbocycles. The molecular weight excluding hydrogens is 296 g/mol. The monoisotopic (exact) mass is 310 g/mol. The predicted molar refractivity (Wildman–Crippen MR) is 81.2 cm³/mol. The number of nitrogens with zero attached hydrogens (tertiary/aromatic N) is 1. The van der Waals surface area contributed by atoms with Crippen LogP contribution in [-0.4, -0.2) is 21.7 Å². The van der Waals surface area contributed by atoms with Gasteiger partial charge in [-0.1, -0.05) is 49.8 Å². The summed E-state index contributed by atoms with van der Waals surface area (Å²) in [6.45, 7) is 3.72. The van der Waals surface area contributed by atoms with Crippen molar-refractivity contribution < 1.29 is 9.59 Å². The number of imide groups is 1. The lowest BCUT2D eigenvalue weighted by Crippen LogP contribution is -2.30. The fourth-order valence-electron chi connectivity index (χ4n) is 2.18. The van der Waals surface area contributed by atoms with E-state index in [0.717, 1.165) is 0 Å². The molecule has 2 N–H and O–H groups in total. The van der Waals surface area contributed by atoms with Crippen molar-refractivity contribution >= 4 is 40.6 Å². The van der Waals surface area contributed by atoms with Gasteiger partial charge in [-0.3, -0.25) is 14.5 Å². The second-order valence-electron chi connectivity index (χ2n) is 5.01. The Balaban J connectivity index is 2.25. The van der Waals surface area contributed by atoms with E-state index in [4.69, 9.17) is 29.6 Å². The lowest BCUT2D eigenvalue weighted by atomic mass is 10.00. The van der Waals surface area contributed by atoms with E-state index in [1.54, 1.807) is 32.0 Å². The zero-order valence-corrected chi connectivity index (χ0v) is 12.8. The Morgan fingerprint density at radius 3 is 2.30 bits per heavy atom. The molecule has 1 aliphatic heterocycles. The molecule has 0 aliphatic carbocycles. The fraction of sp³-hybridized carbons (Fsp3) is 0.357. The van der Waals surface area contributed by atoms with Gasteiger partial charge in [0, 0.05) is 22.4 Å². The van der Waals surface area contributed by atoms with Crippen LogP contribution in [0.4, 0.5) is 0 Å². The molecule has 1 fully saturated rings. The molecule has 1 aliphatic rings. The van der Waals surface area contributed by atoms with E-state index < -0.39 is 0 Å². The Morgan fingerprint density at radius 1 is 1.30 bits per heavy atom. The van der Waals surface area contributed by atoms with Gasteiger partial charge in [-0.05, 0) is 11.6 Å². The van der Waals surface area contributed by atoms with Crippen LogP contribution in [0.3, 0.4) is 0 Å². The van der Waals surface area contributed by atoms with Crippen LogP contribution in [0.2, 0.25) is 5.02 Å². The number of thiocarbonyl (C=S) groups is 1. The first-order valence-electron chi connectivity index (χ1n) is 6.26. The van der Waals surface area contributed by atoms with Crippen LogP contribution in [0, 0.1) is 11.8 Å². The van der Waals surface area contributed by atoms with Crippen LogP contribution >= 0.6 is 23.8 Å². The summed E-state index contributed by atoms with van der Waals surface area (Å²) in [7, 11) is 0. The molecule has 1 aromatic carbocycles. The van der Waals surface area contributed by atoms with Crippen molar-refractivity contribution in [2.75, 3.05) is 0 Å². The van der Waals surface area contributed by atoms with Gasteiger partial charge in [-0.15, -0.1) is 0 Å². The Morgan fingerprint density at radius 2 is 1.85 bits per heavy atom. The van der Waals surface area contributed by atoms with E-state index >= 15 is 0 Å². The maximum Gasteiger partial charge on any atom is 0.233 e. The normalized spacial score (nSPS) is 22.4. The van der Waals surface area contributed by atoms with E-state index in [9.17, 15) is 9.59 Å². The molecule has 1 aromatic rings. The standard InChI is InChI=1S/C14H15ClN2O2S/c1-7-8(2)14(19)17(13(7)18)6-10-4-3-9(12(16)20)5-11(10)15/h3-5,7-8H,6H2,1-2H3,(H2,16,20). The van der Waals surface area contributed by atoms with Gasteiger partial charge in [0.15, 0.2) is 0 Å². The van der Waals surface area contributed by atoms with Crippen LogP contribution in [0.1, 0.15) is 25.0 Å². The van der Waals surface area contributed by atoms with Gasteiger partial charge in [0.1, 0.15) is 4.99 Å². The van der Waals surface area contributed by atoms with Crippen molar-refractivity contribution in [2.45, 2.75) is 20.4 Å². The number of rotatable bonds is 3. The highest BCUT2D eigenvalue weighted by molar-refractivity contribution is 7.80. The van der Waals surface area contributed by atoms with Crippen molar-refractivity contribution in [3.63, 3.8) is 0 Å². The highest BCUT2D eigenvalue weighted by Crippen LogP contribution is 2.28. The van der Waals surface area contributed by atoms with Gasteiger partial charge >= 0.3 is 0 Å². The molecule has 2 unspecified atom stereocenters. The molecule has 0 radical (unpaired) electrons. The number of benzene rings is 1. The number of halogens is 1. The molecule has 6 heteroatoms. The third-order valence-electron chi connectivity index (χ3n) is 3.73. The Bertz CT molecular complexity index is 583. The van der Waals surface area contributed by atoms with Crippen molar-refractivity contribution in [1.29, 1.82) is 0 Å². The molecule has 1 saturated heterocycles. The maximum atomic E-state index is 12.0. The topological polar surface area (TPSA) is 63.4 Å². The summed E-state index contributed by atoms with van der Waals surface area (Å²) >= 11 is 11.0. The largest absolute Gasteiger partial charge is 0.389 e. The SMILES string of the molecule is CC1C(=O)N(Cc2ccc(C(N)=S)cc2Cl)C(=O)C1C. The zero-order chi connectivity index (χ0) is 15.0. The second kappa shape index (κ2) is 5.50. The minimum Gasteiger partial charge on any atom is -0.389 e. The van der Waals surface area contributed by atoms with Crippen LogP contribution in [0.25, 0.3) is 0 Å². The Kier molecular flexibility index (Phi) is 4.11. The molecule has 2 atom stereocenters. The summed E-state index contributed by atoms with van der Waals surface area (Å²) in [4.78, 5) is 25.6. The first kappa shape index (κ1) is 14.9. The molecule has 0 bridgehead atoms. The van der Waals surface area contributed by atoms with E-state index in [1.807, 2.05) is 0 Å². The van der Waals surface area contributed by atoms with Crippen molar-refractivity contribution in [1.82, 2.24) is 4.90 Å². The van der Waals surface area contributed by atoms with Gasteiger partial charge in [0.2, 0.25) is 11.8 Å². The van der Waals surface area contributed by atoms with E-state index in [2.05, 4.69) is 0 Å². The van der Waals surface area contributed by atoms with Crippen molar-refractivity contribution in [3.05, 3.63) is 34.3 Å². The molecule has 20 heavy (non-hydrogen) atoms. The van der Waals surface area contributed by atoms with Gasteiger partial charge in [-0.25, -0.2) is 0 Å². The number of hydrogen-bond donors (Lipinski definition) is 1. The van der Waals surface area contributed by atoms with E-state index in [-0.39, 0.29) is 35.2 Å².